The summed E-state index contributed by atoms with van der Waals surface area (Å²) < 4.78 is 24.5. The first-order valence-electron chi connectivity index (χ1n) is 7.81. The van der Waals surface area contributed by atoms with Gasteiger partial charge in [0.05, 0.1) is 12.0 Å². The van der Waals surface area contributed by atoms with Crippen LogP contribution in [-0.4, -0.2) is 20.4 Å². The zero-order chi connectivity index (χ0) is 16.3. The molecule has 0 saturated carbocycles. The maximum atomic E-state index is 11.8. The van der Waals surface area contributed by atoms with E-state index in [-0.39, 0.29) is 5.75 Å². The van der Waals surface area contributed by atoms with Crippen LogP contribution in [-0.2, 0) is 10.0 Å². The van der Waals surface area contributed by atoms with E-state index in [0.29, 0.717) is 6.42 Å². The van der Waals surface area contributed by atoms with Crippen molar-refractivity contribution in [3.8, 4) is 0 Å². The summed E-state index contributed by atoms with van der Waals surface area (Å²) in [6.07, 6.45) is 9.21. The minimum absolute atomic E-state index is 0.137. The molecule has 1 rings (SSSR count). The van der Waals surface area contributed by atoms with Gasteiger partial charge < -0.3 is 0 Å². The second kappa shape index (κ2) is 10.8. The number of halogens is 1. The van der Waals surface area contributed by atoms with Crippen molar-refractivity contribution in [2.24, 2.45) is 5.10 Å². The van der Waals surface area contributed by atoms with Gasteiger partial charge in [-0.2, -0.15) is 5.10 Å². The molecular weight excluding hydrogens is 364 g/mol. The van der Waals surface area contributed by atoms with Crippen molar-refractivity contribution in [1.29, 1.82) is 0 Å². The summed E-state index contributed by atoms with van der Waals surface area (Å²) in [5, 5.41) is 3.80. The van der Waals surface area contributed by atoms with E-state index < -0.39 is 10.0 Å². The number of benzene rings is 1. The summed E-state index contributed by atoms with van der Waals surface area (Å²) in [6, 6.07) is 7.49. The van der Waals surface area contributed by atoms with Crippen LogP contribution in [0.5, 0.6) is 0 Å². The number of sulfonamides is 1. The monoisotopic (exact) mass is 388 g/mol. The normalized spacial score (nSPS) is 11.9. The second-order valence-electron chi connectivity index (χ2n) is 5.34. The van der Waals surface area contributed by atoms with Crippen LogP contribution < -0.4 is 4.83 Å². The van der Waals surface area contributed by atoms with Gasteiger partial charge in [-0.3, -0.25) is 0 Å². The molecule has 124 valence electrons. The van der Waals surface area contributed by atoms with Crippen LogP contribution in [0, 0.1) is 0 Å². The Bertz CT molecular complexity index is 542. The van der Waals surface area contributed by atoms with Crippen molar-refractivity contribution in [1.82, 2.24) is 4.83 Å². The molecule has 22 heavy (non-hydrogen) atoms. The molecule has 1 N–H and O–H groups in total. The molecule has 1 aromatic rings. The van der Waals surface area contributed by atoms with Crippen LogP contribution in [0.1, 0.15) is 57.4 Å². The van der Waals surface area contributed by atoms with Gasteiger partial charge in [0.25, 0.3) is 0 Å². The zero-order valence-electron chi connectivity index (χ0n) is 13.1. The Balaban J connectivity index is 2.22. The smallest absolute Gasteiger partial charge is 0.205 e. The van der Waals surface area contributed by atoms with E-state index in [1.165, 1.54) is 31.9 Å². The van der Waals surface area contributed by atoms with E-state index in [0.717, 1.165) is 22.9 Å². The van der Waals surface area contributed by atoms with Gasteiger partial charge in [0, 0.05) is 4.47 Å². The number of unbranched alkanes of at least 4 members (excludes halogenated alkanes) is 6. The van der Waals surface area contributed by atoms with Gasteiger partial charge in [0.1, 0.15) is 0 Å². The largest absolute Gasteiger partial charge is 0.247 e. The van der Waals surface area contributed by atoms with Crippen LogP contribution in [0.15, 0.2) is 33.8 Å². The maximum Gasteiger partial charge on any atom is 0.247 e. The molecule has 0 fully saturated rings. The number of hydrogen-bond donors (Lipinski definition) is 1. The Labute approximate surface area is 142 Å². The van der Waals surface area contributed by atoms with E-state index in [1.807, 2.05) is 24.3 Å². The highest BCUT2D eigenvalue weighted by molar-refractivity contribution is 9.10. The Hall–Kier alpha value is -0.880. The molecule has 4 nitrogen and oxygen atoms in total. The molecule has 0 aliphatic rings. The molecule has 0 unspecified atom stereocenters. The van der Waals surface area contributed by atoms with Crippen molar-refractivity contribution in [3.63, 3.8) is 0 Å². The number of rotatable bonds is 11. The molecule has 0 aliphatic heterocycles. The van der Waals surface area contributed by atoms with Crippen LogP contribution in [0.3, 0.4) is 0 Å². The third kappa shape index (κ3) is 9.20. The lowest BCUT2D eigenvalue weighted by Crippen LogP contribution is -2.21. The lowest BCUT2D eigenvalue weighted by atomic mass is 10.1. The summed E-state index contributed by atoms with van der Waals surface area (Å²) in [7, 11) is -3.31. The Morgan fingerprint density at radius 2 is 1.64 bits per heavy atom. The van der Waals surface area contributed by atoms with Crippen molar-refractivity contribution in [2.45, 2.75) is 51.9 Å². The fourth-order valence-corrected chi connectivity index (χ4v) is 3.18. The molecule has 0 amide bonds. The molecule has 0 spiro atoms. The summed E-state index contributed by atoms with van der Waals surface area (Å²) >= 11 is 3.34. The number of hydrogen-bond acceptors (Lipinski definition) is 3. The van der Waals surface area contributed by atoms with Gasteiger partial charge in [-0.25, -0.2) is 13.2 Å². The molecule has 6 heteroatoms. The fourth-order valence-electron chi connectivity index (χ4n) is 2.02. The Morgan fingerprint density at radius 1 is 1.05 bits per heavy atom. The van der Waals surface area contributed by atoms with E-state index in [9.17, 15) is 8.42 Å². The lowest BCUT2D eigenvalue weighted by molar-refractivity contribution is 0.570. The minimum atomic E-state index is -3.31. The summed E-state index contributed by atoms with van der Waals surface area (Å²) in [4.78, 5) is 2.26. The highest BCUT2D eigenvalue weighted by Gasteiger charge is 2.07. The van der Waals surface area contributed by atoms with Gasteiger partial charge in [-0.05, 0) is 24.1 Å². The number of hydrazone groups is 1. The molecule has 1 aromatic carbocycles. The van der Waals surface area contributed by atoms with Crippen molar-refractivity contribution in [2.75, 3.05) is 5.75 Å². The molecule has 0 aliphatic carbocycles. The van der Waals surface area contributed by atoms with Gasteiger partial charge in [0.2, 0.25) is 10.0 Å². The summed E-state index contributed by atoms with van der Waals surface area (Å²) in [5.74, 6) is 0.137. The van der Waals surface area contributed by atoms with Crippen molar-refractivity contribution >= 4 is 32.2 Å². The molecule has 0 saturated heterocycles. The van der Waals surface area contributed by atoms with Crippen molar-refractivity contribution < 1.29 is 8.42 Å². The zero-order valence-corrected chi connectivity index (χ0v) is 15.5. The van der Waals surface area contributed by atoms with Gasteiger partial charge in [0.15, 0.2) is 0 Å². The topological polar surface area (TPSA) is 58.5 Å². The molecule has 0 radical (unpaired) electrons. The standard InChI is InChI=1S/C16H25BrN2O2S/c1-2-3-4-5-6-7-8-13-22(20,21)19-18-14-15-9-11-16(17)12-10-15/h9-12,14,19H,2-8,13H2,1H3. The van der Waals surface area contributed by atoms with Crippen LogP contribution in [0.4, 0.5) is 0 Å². The lowest BCUT2D eigenvalue weighted by Gasteiger charge is -2.03. The van der Waals surface area contributed by atoms with Gasteiger partial charge in [-0.1, -0.05) is 73.5 Å². The predicted molar refractivity (Wildman–Crippen MR) is 96.7 cm³/mol. The molecule has 0 heterocycles. The number of nitrogens with one attached hydrogen (secondary N) is 1. The molecule has 0 aromatic heterocycles. The third-order valence-corrected chi connectivity index (χ3v) is 5.03. The average molecular weight is 389 g/mol. The van der Waals surface area contributed by atoms with Gasteiger partial charge >= 0.3 is 0 Å². The third-order valence-electron chi connectivity index (χ3n) is 3.29. The maximum absolute atomic E-state index is 11.8. The van der Waals surface area contributed by atoms with Crippen LogP contribution in [0.25, 0.3) is 0 Å². The fraction of sp³-hybridized carbons (Fsp3) is 0.562. The van der Waals surface area contributed by atoms with Crippen LogP contribution >= 0.6 is 15.9 Å². The van der Waals surface area contributed by atoms with Crippen LogP contribution in [0.2, 0.25) is 0 Å². The first kappa shape index (κ1) is 19.2. The SMILES string of the molecule is CCCCCCCCCS(=O)(=O)NN=Cc1ccc(Br)cc1. The van der Waals surface area contributed by atoms with E-state index in [2.05, 4.69) is 32.8 Å². The Morgan fingerprint density at radius 3 is 2.27 bits per heavy atom. The molecular formula is C16H25BrN2O2S. The first-order valence-corrected chi connectivity index (χ1v) is 10.3. The summed E-state index contributed by atoms with van der Waals surface area (Å²) in [5.41, 5.74) is 0.849. The molecule has 0 bridgehead atoms. The Kier molecular flexibility index (Phi) is 9.39. The number of nitrogens with zero attached hydrogens (tertiary/aromatic N) is 1. The summed E-state index contributed by atoms with van der Waals surface area (Å²) in [6.45, 7) is 2.19. The minimum Gasteiger partial charge on any atom is -0.205 e. The van der Waals surface area contributed by atoms with E-state index >= 15 is 0 Å². The van der Waals surface area contributed by atoms with E-state index in [1.54, 1.807) is 0 Å². The predicted octanol–water partition coefficient (Wildman–Crippen LogP) is 4.45. The highest BCUT2D eigenvalue weighted by atomic mass is 79.9. The van der Waals surface area contributed by atoms with Crippen molar-refractivity contribution in [3.05, 3.63) is 34.3 Å². The van der Waals surface area contributed by atoms with E-state index in [4.69, 9.17) is 0 Å². The second-order valence-corrected chi connectivity index (χ2v) is 8.08. The highest BCUT2D eigenvalue weighted by Crippen LogP contribution is 2.09. The molecule has 0 atom stereocenters. The van der Waals surface area contributed by atoms with Gasteiger partial charge in [-0.15, -0.1) is 0 Å². The first-order chi connectivity index (χ1) is 10.5. The quantitative estimate of drug-likeness (QED) is 0.345. The average Bonchev–Trinajstić information content (AvgIpc) is 2.48.